The molecule has 9 heteroatoms. The molecule has 1 aliphatic heterocycles. The molecule has 1 atom stereocenters. The second-order valence-corrected chi connectivity index (χ2v) is 8.23. The van der Waals surface area contributed by atoms with Crippen LogP contribution in [-0.4, -0.2) is 61.8 Å². The molecule has 1 aliphatic rings. The summed E-state index contributed by atoms with van der Waals surface area (Å²) in [5.41, 5.74) is 2.57. The van der Waals surface area contributed by atoms with Gasteiger partial charge in [-0.05, 0) is 43.8 Å². The van der Waals surface area contributed by atoms with Crippen molar-refractivity contribution in [2.24, 2.45) is 0 Å². The normalized spacial score (nSPS) is 14.6. The molecule has 2 amide bonds. The molecule has 1 unspecified atom stereocenters. The predicted molar refractivity (Wildman–Crippen MR) is 130 cm³/mol. The molecule has 1 saturated heterocycles. The largest absolute Gasteiger partial charge is 0.378 e. The number of morpholine rings is 1. The Labute approximate surface area is 198 Å². The van der Waals surface area contributed by atoms with E-state index < -0.39 is 6.04 Å². The summed E-state index contributed by atoms with van der Waals surface area (Å²) in [5.74, 6) is 0.415. The highest BCUT2D eigenvalue weighted by Gasteiger charge is 2.27. The second kappa shape index (κ2) is 11.0. The van der Waals surface area contributed by atoms with Crippen molar-refractivity contribution in [1.82, 2.24) is 10.1 Å². The van der Waals surface area contributed by atoms with Gasteiger partial charge in [-0.1, -0.05) is 35.5 Å². The Bertz CT molecular complexity index is 1090. The van der Waals surface area contributed by atoms with Gasteiger partial charge < -0.3 is 24.8 Å². The highest BCUT2D eigenvalue weighted by molar-refractivity contribution is 5.96. The maximum atomic E-state index is 13.1. The summed E-state index contributed by atoms with van der Waals surface area (Å²) in [4.78, 5) is 29.9. The zero-order valence-corrected chi connectivity index (χ0v) is 19.4. The molecule has 0 aliphatic carbocycles. The van der Waals surface area contributed by atoms with Crippen LogP contribution >= 0.6 is 0 Å². The molecule has 4 rings (SSSR count). The third-order valence-corrected chi connectivity index (χ3v) is 5.60. The maximum absolute atomic E-state index is 13.1. The topological polar surface area (TPSA) is 99.9 Å². The number of anilines is 3. The van der Waals surface area contributed by atoms with Crippen molar-refractivity contribution in [2.75, 3.05) is 55.4 Å². The van der Waals surface area contributed by atoms with Gasteiger partial charge in [0, 0.05) is 30.5 Å². The SMILES string of the molecule is Cc1cc(NC(=O)C(c2ccccc2)N(C)CC(=O)Nc2ccc(N3CCOCC3)cc2)no1. The monoisotopic (exact) mass is 463 g/mol. The average molecular weight is 464 g/mol. The number of rotatable bonds is 8. The molecule has 34 heavy (non-hydrogen) atoms. The summed E-state index contributed by atoms with van der Waals surface area (Å²) in [6, 6.07) is 18.0. The molecule has 178 valence electrons. The van der Waals surface area contributed by atoms with Crippen LogP contribution in [-0.2, 0) is 14.3 Å². The summed E-state index contributed by atoms with van der Waals surface area (Å²) < 4.78 is 10.4. The molecule has 2 N–H and O–H groups in total. The van der Waals surface area contributed by atoms with Gasteiger partial charge in [0.05, 0.1) is 19.8 Å². The number of aromatic nitrogens is 1. The molecule has 2 heterocycles. The molecule has 0 saturated carbocycles. The van der Waals surface area contributed by atoms with E-state index in [0.29, 0.717) is 17.3 Å². The van der Waals surface area contributed by atoms with Crippen LogP contribution in [0.25, 0.3) is 0 Å². The zero-order chi connectivity index (χ0) is 23.9. The minimum Gasteiger partial charge on any atom is -0.378 e. The Morgan fingerprint density at radius 1 is 1.06 bits per heavy atom. The first-order valence-electron chi connectivity index (χ1n) is 11.2. The molecule has 0 spiro atoms. The fourth-order valence-corrected chi connectivity index (χ4v) is 3.96. The quantitative estimate of drug-likeness (QED) is 0.530. The summed E-state index contributed by atoms with van der Waals surface area (Å²) in [6.07, 6.45) is 0. The van der Waals surface area contributed by atoms with Crippen LogP contribution in [0, 0.1) is 6.92 Å². The van der Waals surface area contributed by atoms with E-state index in [-0.39, 0.29) is 18.4 Å². The van der Waals surface area contributed by atoms with Gasteiger partial charge >= 0.3 is 0 Å². The number of amides is 2. The van der Waals surface area contributed by atoms with E-state index in [0.717, 1.165) is 37.6 Å². The van der Waals surface area contributed by atoms with Gasteiger partial charge in [-0.2, -0.15) is 0 Å². The first kappa shape index (κ1) is 23.5. The van der Waals surface area contributed by atoms with Crippen molar-refractivity contribution < 1.29 is 18.8 Å². The highest BCUT2D eigenvalue weighted by Crippen LogP contribution is 2.23. The first-order chi connectivity index (χ1) is 16.5. The van der Waals surface area contributed by atoms with E-state index in [2.05, 4.69) is 20.7 Å². The number of hydrogen-bond donors (Lipinski definition) is 2. The van der Waals surface area contributed by atoms with Crippen LogP contribution in [0.2, 0.25) is 0 Å². The molecule has 3 aromatic rings. The fourth-order valence-electron chi connectivity index (χ4n) is 3.96. The van der Waals surface area contributed by atoms with Crippen molar-refractivity contribution in [3.63, 3.8) is 0 Å². The highest BCUT2D eigenvalue weighted by atomic mass is 16.5. The lowest BCUT2D eigenvalue weighted by Gasteiger charge is -2.29. The Morgan fingerprint density at radius 2 is 1.76 bits per heavy atom. The smallest absolute Gasteiger partial charge is 0.247 e. The van der Waals surface area contributed by atoms with Crippen LogP contribution in [0.15, 0.2) is 65.2 Å². The Hall–Kier alpha value is -3.69. The zero-order valence-electron chi connectivity index (χ0n) is 19.4. The van der Waals surface area contributed by atoms with E-state index in [1.807, 2.05) is 54.6 Å². The number of ether oxygens (including phenoxy) is 1. The Kier molecular flexibility index (Phi) is 7.56. The summed E-state index contributed by atoms with van der Waals surface area (Å²) in [6.45, 7) is 4.92. The third-order valence-electron chi connectivity index (χ3n) is 5.60. The molecular formula is C25H29N5O4. The van der Waals surface area contributed by atoms with Gasteiger partial charge in [0.25, 0.3) is 0 Å². The molecule has 1 aromatic heterocycles. The lowest BCUT2D eigenvalue weighted by atomic mass is 10.0. The van der Waals surface area contributed by atoms with Crippen LogP contribution in [0.5, 0.6) is 0 Å². The van der Waals surface area contributed by atoms with Gasteiger partial charge in [0.2, 0.25) is 11.8 Å². The Balaban J connectivity index is 1.40. The average Bonchev–Trinajstić information content (AvgIpc) is 3.25. The van der Waals surface area contributed by atoms with E-state index in [4.69, 9.17) is 9.26 Å². The van der Waals surface area contributed by atoms with Gasteiger partial charge in [0.1, 0.15) is 11.8 Å². The summed E-state index contributed by atoms with van der Waals surface area (Å²) >= 11 is 0. The van der Waals surface area contributed by atoms with Gasteiger partial charge in [-0.3, -0.25) is 14.5 Å². The van der Waals surface area contributed by atoms with Crippen LogP contribution < -0.4 is 15.5 Å². The van der Waals surface area contributed by atoms with E-state index in [1.165, 1.54) is 0 Å². The van der Waals surface area contributed by atoms with Crippen LogP contribution in [0.1, 0.15) is 17.4 Å². The number of carbonyl (C=O) groups excluding carboxylic acids is 2. The minimum absolute atomic E-state index is 0.0238. The first-order valence-corrected chi connectivity index (χ1v) is 11.2. The number of nitrogens with one attached hydrogen (secondary N) is 2. The van der Waals surface area contributed by atoms with E-state index in [1.54, 1.807) is 24.9 Å². The number of likely N-dealkylation sites (N-methyl/N-ethyl adjacent to an activating group) is 1. The minimum atomic E-state index is -0.687. The van der Waals surface area contributed by atoms with Crippen LogP contribution in [0.3, 0.4) is 0 Å². The van der Waals surface area contributed by atoms with Crippen LogP contribution in [0.4, 0.5) is 17.2 Å². The van der Waals surface area contributed by atoms with E-state index in [9.17, 15) is 9.59 Å². The fraction of sp³-hybridized carbons (Fsp3) is 0.320. The number of hydrogen-bond acceptors (Lipinski definition) is 7. The van der Waals surface area contributed by atoms with Crippen molar-refractivity contribution in [3.8, 4) is 0 Å². The second-order valence-electron chi connectivity index (χ2n) is 8.23. The number of carbonyl (C=O) groups is 2. The van der Waals surface area contributed by atoms with Gasteiger partial charge in [-0.15, -0.1) is 0 Å². The molecule has 9 nitrogen and oxygen atoms in total. The van der Waals surface area contributed by atoms with Gasteiger partial charge in [-0.25, -0.2) is 0 Å². The van der Waals surface area contributed by atoms with Gasteiger partial charge in [0.15, 0.2) is 5.82 Å². The Morgan fingerprint density at radius 3 is 2.41 bits per heavy atom. The summed E-state index contributed by atoms with van der Waals surface area (Å²) in [5, 5.41) is 9.52. The predicted octanol–water partition coefficient (Wildman–Crippen LogP) is 3.07. The van der Waals surface area contributed by atoms with Crippen molar-refractivity contribution in [2.45, 2.75) is 13.0 Å². The number of nitrogens with zero attached hydrogens (tertiary/aromatic N) is 3. The molecule has 1 fully saturated rings. The third kappa shape index (κ3) is 6.00. The van der Waals surface area contributed by atoms with E-state index >= 15 is 0 Å². The lowest BCUT2D eigenvalue weighted by Crippen LogP contribution is -2.39. The summed E-state index contributed by atoms with van der Waals surface area (Å²) in [7, 11) is 1.74. The van der Waals surface area contributed by atoms with Crippen molar-refractivity contribution >= 4 is 29.0 Å². The molecule has 0 bridgehead atoms. The molecule has 2 aromatic carbocycles. The number of benzene rings is 2. The maximum Gasteiger partial charge on any atom is 0.247 e. The standard InChI is InChI=1S/C25H29N5O4/c1-18-16-22(28-34-18)27-25(32)24(19-6-4-3-5-7-19)29(2)17-23(31)26-20-8-10-21(11-9-20)30-12-14-33-15-13-30/h3-11,16,24H,12-15,17H2,1-2H3,(H,26,31)(H,27,28,32). The number of aryl methyl sites for hydroxylation is 1. The molecule has 0 radical (unpaired) electrons. The molecular weight excluding hydrogens is 434 g/mol. The van der Waals surface area contributed by atoms with Crippen molar-refractivity contribution in [1.29, 1.82) is 0 Å². The van der Waals surface area contributed by atoms with Crippen molar-refractivity contribution in [3.05, 3.63) is 72.0 Å². The lowest BCUT2D eigenvalue weighted by molar-refractivity contribution is -0.123.